The third kappa shape index (κ3) is 1.98. The standard InChI is InChI=1S/C14H24N4O2/c1-7-17-12(11(18(19)20)9(2)16-17)15-8-10-13(3,4)14(10,5)6/h10,15H,7-8H2,1-6H3. The first-order valence-electron chi connectivity index (χ1n) is 7.10. The van der Waals surface area contributed by atoms with Crippen LogP contribution in [0, 0.1) is 33.8 Å². The van der Waals surface area contributed by atoms with Crippen LogP contribution in [0.5, 0.6) is 0 Å². The molecule has 1 heterocycles. The van der Waals surface area contributed by atoms with Gasteiger partial charge in [0.2, 0.25) is 5.82 Å². The summed E-state index contributed by atoms with van der Waals surface area (Å²) in [6.07, 6.45) is 0. The van der Waals surface area contributed by atoms with Gasteiger partial charge in [-0.1, -0.05) is 27.7 Å². The number of nitrogens with zero attached hydrogens (tertiary/aromatic N) is 3. The van der Waals surface area contributed by atoms with Crippen molar-refractivity contribution in [2.75, 3.05) is 11.9 Å². The Morgan fingerprint density at radius 1 is 1.35 bits per heavy atom. The molecule has 1 aliphatic rings. The zero-order valence-corrected chi connectivity index (χ0v) is 13.1. The summed E-state index contributed by atoms with van der Waals surface area (Å²) in [6.45, 7) is 14.0. The summed E-state index contributed by atoms with van der Waals surface area (Å²) in [6, 6.07) is 0. The summed E-state index contributed by atoms with van der Waals surface area (Å²) in [5.41, 5.74) is 1.10. The quantitative estimate of drug-likeness (QED) is 0.664. The van der Waals surface area contributed by atoms with Crippen molar-refractivity contribution in [2.45, 2.75) is 48.1 Å². The summed E-state index contributed by atoms with van der Waals surface area (Å²) in [7, 11) is 0. The first-order valence-corrected chi connectivity index (χ1v) is 7.10. The molecule has 1 N–H and O–H groups in total. The fraction of sp³-hybridized carbons (Fsp3) is 0.786. The molecule has 2 rings (SSSR count). The first kappa shape index (κ1) is 14.8. The lowest BCUT2D eigenvalue weighted by Crippen LogP contribution is -2.13. The van der Waals surface area contributed by atoms with Crippen molar-refractivity contribution in [3.63, 3.8) is 0 Å². The molecule has 0 amide bonds. The second kappa shape index (κ2) is 4.46. The van der Waals surface area contributed by atoms with Gasteiger partial charge in [0.15, 0.2) is 0 Å². The van der Waals surface area contributed by atoms with E-state index >= 15 is 0 Å². The molecule has 0 aromatic carbocycles. The normalized spacial score (nSPS) is 19.9. The molecule has 1 aromatic rings. The van der Waals surface area contributed by atoms with E-state index in [-0.39, 0.29) is 21.4 Å². The maximum absolute atomic E-state index is 11.2. The van der Waals surface area contributed by atoms with Crippen LogP contribution in [-0.4, -0.2) is 21.2 Å². The number of nitrogens with one attached hydrogen (secondary N) is 1. The van der Waals surface area contributed by atoms with Crippen LogP contribution in [0.15, 0.2) is 0 Å². The molecule has 1 fully saturated rings. The minimum Gasteiger partial charge on any atom is -0.364 e. The average Bonchev–Trinajstić information content (AvgIpc) is 2.62. The highest BCUT2D eigenvalue weighted by Gasteiger charge is 2.64. The summed E-state index contributed by atoms with van der Waals surface area (Å²) in [5.74, 6) is 1.05. The van der Waals surface area contributed by atoms with E-state index in [0.29, 0.717) is 24.0 Å². The predicted molar refractivity (Wildman–Crippen MR) is 78.8 cm³/mol. The molecule has 0 unspecified atom stereocenters. The molecule has 0 saturated heterocycles. The third-order valence-electron chi connectivity index (χ3n) is 5.37. The SMILES string of the molecule is CCn1nc(C)c([N+](=O)[O-])c1NCC1C(C)(C)C1(C)C. The van der Waals surface area contributed by atoms with Crippen molar-refractivity contribution >= 4 is 11.5 Å². The Morgan fingerprint density at radius 3 is 2.30 bits per heavy atom. The summed E-state index contributed by atoms with van der Waals surface area (Å²) >= 11 is 0. The number of anilines is 1. The lowest BCUT2D eigenvalue weighted by Gasteiger charge is -2.08. The van der Waals surface area contributed by atoms with Crippen molar-refractivity contribution in [2.24, 2.45) is 16.7 Å². The van der Waals surface area contributed by atoms with Gasteiger partial charge in [0.05, 0.1) is 4.92 Å². The minimum absolute atomic E-state index is 0.100. The monoisotopic (exact) mass is 280 g/mol. The van der Waals surface area contributed by atoms with Gasteiger partial charge in [-0.25, -0.2) is 4.68 Å². The molecule has 6 nitrogen and oxygen atoms in total. The van der Waals surface area contributed by atoms with E-state index in [1.165, 1.54) is 0 Å². The Hall–Kier alpha value is -1.59. The number of aromatic nitrogens is 2. The van der Waals surface area contributed by atoms with E-state index < -0.39 is 0 Å². The molecule has 6 heteroatoms. The highest BCUT2D eigenvalue weighted by atomic mass is 16.6. The summed E-state index contributed by atoms with van der Waals surface area (Å²) in [4.78, 5) is 10.9. The molecule has 0 spiro atoms. The molecule has 1 saturated carbocycles. The Morgan fingerprint density at radius 2 is 1.90 bits per heavy atom. The molecule has 0 radical (unpaired) electrons. The van der Waals surface area contributed by atoms with Gasteiger partial charge in [-0.05, 0) is 30.6 Å². The summed E-state index contributed by atoms with van der Waals surface area (Å²) in [5, 5.41) is 18.7. The topological polar surface area (TPSA) is 73.0 Å². The van der Waals surface area contributed by atoms with Crippen LogP contribution in [0.4, 0.5) is 11.5 Å². The van der Waals surface area contributed by atoms with Crippen LogP contribution in [0.2, 0.25) is 0 Å². The number of rotatable bonds is 5. The van der Waals surface area contributed by atoms with Crippen molar-refractivity contribution in [1.29, 1.82) is 0 Å². The second-order valence-electron chi connectivity index (χ2n) is 6.73. The van der Waals surface area contributed by atoms with Gasteiger partial charge in [-0.15, -0.1) is 0 Å². The van der Waals surface area contributed by atoms with Crippen LogP contribution in [-0.2, 0) is 6.54 Å². The van der Waals surface area contributed by atoms with Crippen LogP contribution in [0.1, 0.15) is 40.3 Å². The highest BCUT2D eigenvalue weighted by molar-refractivity contribution is 5.59. The van der Waals surface area contributed by atoms with Crippen molar-refractivity contribution < 1.29 is 4.92 Å². The zero-order valence-electron chi connectivity index (χ0n) is 13.1. The van der Waals surface area contributed by atoms with E-state index in [1.54, 1.807) is 11.6 Å². The molecule has 0 bridgehead atoms. The fourth-order valence-electron chi connectivity index (χ4n) is 3.24. The van der Waals surface area contributed by atoms with Crippen molar-refractivity contribution in [1.82, 2.24) is 9.78 Å². The molecule has 112 valence electrons. The molecule has 1 aromatic heterocycles. The van der Waals surface area contributed by atoms with Gasteiger partial charge >= 0.3 is 5.69 Å². The minimum atomic E-state index is -0.347. The molecule has 0 atom stereocenters. The summed E-state index contributed by atoms with van der Waals surface area (Å²) < 4.78 is 1.68. The van der Waals surface area contributed by atoms with Gasteiger partial charge in [0, 0.05) is 13.1 Å². The lowest BCUT2D eigenvalue weighted by atomic mass is 10.0. The smallest absolute Gasteiger partial charge is 0.333 e. The lowest BCUT2D eigenvalue weighted by molar-refractivity contribution is -0.384. The van der Waals surface area contributed by atoms with Crippen LogP contribution < -0.4 is 5.32 Å². The number of hydrogen-bond acceptors (Lipinski definition) is 4. The highest BCUT2D eigenvalue weighted by Crippen LogP contribution is 2.68. The molecule has 0 aliphatic heterocycles. The van der Waals surface area contributed by atoms with Gasteiger partial charge in [0.1, 0.15) is 5.69 Å². The number of nitro groups is 1. The van der Waals surface area contributed by atoms with E-state index in [9.17, 15) is 10.1 Å². The average molecular weight is 280 g/mol. The predicted octanol–water partition coefficient (Wildman–Crippen LogP) is 3.21. The Bertz CT molecular complexity index is 532. The van der Waals surface area contributed by atoms with Crippen LogP contribution in [0.25, 0.3) is 0 Å². The first-order chi connectivity index (χ1) is 9.14. The molecule has 1 aliphatic carbocycles. The largest absolute Gasteiger partial charge is 0.364 e. The Balaban J connectivity index is 2.20. The van der Waals surface area contributed by atoms with Gasteiger partial charge in [-0.3, -0.25) is 10.1 Å². The fourth-order valence-corrected chi connectivity index (χ4v) is 3.24. The Kier molecular flexibility index (Phi) is 3.31. The maximum Gasteiger partial charge on any atom is 0.333 e. The number of hydrogen-bond donors (Lipinski definition) is 1. The van der Waals surface area contributed by atoms with E-state index in [4.69, 9.17) is 0 Å². The molecular weight excluding hydrogens is 256 g/mol. The zero-order chi connectivity index (χ0) is 15.3. The van der Waals surface area contributed by atoms with Crippen LogP contribution in [0.3, 0.4) is 0 Å². The Labute approximate surface area is 119 Å². The van der Waals surface area contributed by atoms with Gasteiger partial charge in [-0.2, -0.15) is 5.10 Å². The number of aryl methyl sites for hydroxylation is 2. The molecular formula is C14H24N4O2. The third-order valence-corrected chi connectivity index (χ3v) is 5.37. The van der Waals surface area contributed by atoms with Crippen molar-refractivity contribution in [3.05, 3.63) is 15.8 Å². The van der Waals surface area contributed by atoms with Gasteiger partial charge < -0.3 is 5.32 Å². The van der Waals surface area contributed by atoms with E-state index in [2.05, 4.69) is 38.1 Å². The van der Waals surface area contributed by atoms with Crippen molar-refractivity contribution in [3.8, 4) is 0 Å². The molecule has 20 heavy (non-hydrogen) atoms. The van der Waals surface area contributed by atoms with E-state index in [1.807, 2.05) is 6.92 Å². The van der Waals surface area contributed by atoms with Crippen LogP contribution >= 0.6 is 0 Å². The van der Waals surface area contributed by atoms with E-state index in [0.717, 1.165) is 6.54 Å². The maximum atomic E-state index is 11.2. The van der Waals surface area contributed by atoms with Gasteiger partial charge in [0.25, 0.3) is 0 Å². The second-order valence-corrected chi connectivity index (χ2v) is 6.73.